The fourth-order valence-corrected chi connectivity index (χ4v) is 3.18. The minimum absolute atomic E-state index is 0.151. The predicted octanol–water partition coefficient (Wildman–Crippen LogP) is 2.52. The van der Waals surface area contributed by atoms with Gasteiger partial charge in [-0.25, -0.2) is 19.7 Å². The van der Waals surface area contributed by atoms with Gasteiger partial charge >= 0.3 is 5.97 Å². The molecule has 2 aromatic heterocycles. The lowest BCUT2D eigenvalue weighted by Crippen LogP contribution is -1.98. The van der Waals surface area contributed by atoms with Gasteiger partial charge in [-0.05, 0) is 17.8 Å². The first-order valence-electron chi connectivity index (χ1n) is 4.39. The second kappa shape index (κ2) is 5.44. The average Bonchev–Trinajstić information content (AvgIpc) is 2.70. The lowest BCUT2D eigenvalue weighted by molar-refractivity contribution is 0.0606. The molecule has 2 heterocycles. The molecule has 0 aliphatic carbocycles. The number of hydrogen-bond donors (Lipinski definition) is 0. The van der Waals surface area contributed by atoms with Crippen LogP contribution in [0.2, 0.25) is 5.15 Å². The Bertz CT molecular complexity index is 532. The molecular weight excluding hydrogens is 282 g/mol. The van der Waals surface area contributed by atoms with E-state index in [-0.39, 0.29) is 5.15 Å². The lowest BCUT2D eigenvalue weighted by atomic mass is 10.6. The highest BCUT2D eigenvalue weighted by Crippen LogP contribution is 2.33. The molecule has 0 saturated carbocycles. The van der Waals surface area contributed by atoms with E-state index in [0.29, 0.717) is 9.22 Å². The number of nitrogens with zero attached hydrogens (tertiary/aromatic N) is 3. The Morgan fingerprint density at radius 2 is 2.41 bits per heavy atom. The summed E-state index contributed by atoms with van der Waals surface area (Å²) in [6.07, 6.45) is 3.07. The molecular formula is C9H6ClN3O2S2. The zero-order valence-corrected chi connectivity index (χ0v) is 11.0. The van der Waals surface area contributed by atoms with Gasteiger partial charge < -0.3 is 4.74 Å². The molecule has 0 saturated heterocycles. The number of methoxy groups -OCH3 is 1. The van der Waals surface area contributed by atoms with Gasteiger partial charge in [-0.2, -0.15) is 0 Å². The van der Waals surface area contributed by atoms with Crippen molar-refractivity contribution in [3.05, 3.63) is 28.6 Å². The van der Waals surface area contributed by atoms with Gasteiger partial charge in [0, 0.05) is 6.20 Å². The van der Waals surface area contributed by atoms with E-state index >= 15 is 0 Å². The summed E-state index contributed by atoms with van der Waals surface area (Å²) in [6.45, 7) is 0. The number of halogens is 1. The maximum atomic E-state index is 11.3. The molecule has 0 N–H and O–H groups in total. The number of rotatable bonds is 3. The molecule has 0 radical (unpaired) electrons. The number of carbonyl (C=O) groups excluding carboxylic acids is 1. The van der Waals surface area contributed by atoms with Crippen molar-refractivity contribution in [2.45, 2.75) is 9.37 Å². The highest BCUT2D eigenvalue weighted by Gasteiger charge is 2.17. The molecule has 0 aliphatic rings. The van der Waals surface area contributed by atoms with Crippen molar-refractivity contribution in [1.29, 1.82) is 0 Å². The first kappa shape index (κ1) is 12.3. The van der Waals surface area contributed by atoms with Crippen molar-refractivity contribution in [1.82, 2.24) is 15.0 Å². The van der Waals surface area contributed by atoms with Gasteiger partial charge in [-0.1, -0.05) is 22.9 Å². The summed E-state index contributed by atoms with van der Waals surface area (Å²) in [5.41, 5.74) is 0. The Balaban J connectivity index is 2.21. The minimum Gasteiger partial charge on any atom is -0.465 e. The van der Waals surface area contributed by atoms with E-state index in [2.05, 4.69) is 19.7 Å². The highest BCUT2D eigenvalue weighted by molar-refractivity contribution is 8.01. The fraction of sp³-hybridized carbons (Fsp3) is 0.111. The smallest absolute Gasteiger partial charge is 0.351 e. The lowest BCUT2D eigenvalue weighted by Gasteiger charge is -1.93. The molecule has 5 nitrogen and oxygen atoms in total. The third-order valence-corrected chi connectivity index (χ3v) is 4.12. The number of carbonyl (C=O) groups is 1. The van der Waals surface area contributed by atoms with Gasteiger partial charge in [0.15, 0.2) is 14.4 Å². The summed E-state index contributed by atoms with van der Waals surface area (Å²) in [6, 6.07) is 1.75. The summed E-state index contributed by atoms with van der Waals surface area (Å²) >= 11 is 8.32. The van der Waals surface area contributed by atoms with Gasteiger partial charge in [0.2, 0.25) is 0 Å². The number of thiazole rings is 1. The third kappa shape index (κ3) is 2.93. The number of aromatic nitrogens is 3. The summed E-state index contributed by atoms with van der Waals surface area (Å²) in [5, 5.41) is 0.889. The molecule has 0 atom stereocenters. The zero-order valence-electron chi connectivity index (χ0n) is 8.58. The Morgan fingerprint density at radius 3 is 3.06 bits per heavy atom. The first-order chi connectivity index (χ1) is 8.20. The molecule has 2 aromatic rings. The number of esters is 1. The number of hydrogen-bond acceptors (Lipinski definition) is 7. The summed E-state index contributed by atoms with van der Waals surface area (Å²) in [4.78, 5) is 23.5. The largest absolute Gasteiger partial charge is 0.465 e. The molecule has 2 rings (SSSR count). The summed E-state index contributed by atoms with van der Waals surface area (Å²) in [5.74, 6) is -0.484. The Hall–Kier alpha value is -1.18. The van der Waals surface area contributed by atoms with Gasteiger partial charge in [0.1, 0.15) is 11.4 Å². The van der Waals surface area contributed by atoms with E-state index in [1.807, 2.05) is 0 Å². The van der Waals surface area contributed by atoms with Gasteiger partial charge in [-0.15, -0.1) is 0 Å². The van der Waals surface area contributed by atoms with Crippen LogP contribution in [0.15, 0.2) is 28.0 Å². The minimum atomic E-state index is -0.484. The monoisotopic (exact) mass is 287 g/mol. The Labute approximate surface area is 110 Å². The first-order valence-corrected chi connectivity index (χ1v) is 6.40. The molecule has 17 heavy (non-hydrogen) atoms. The third-order valence-electron chi connectivity index (χ3n) is 1.68. The quantitative estimate of drug-likeness (QED) is 0.638. The van der Waals surface area contributed by atoms with Crippen molar-refractivity contribution in [3.8, 4) is 0 Å². The van der Waals surface area contributed by atoms with E-state index in [0.717, 1.165) is 5.03 Å². The van der Waals surface area contributed by atoms with Crippen molar-refractivity contribution < 1.29 is 9.53 Å². The normalized spacial score (nSPS) is 10.2. The zero-order chi connectivity index (χ0) is 12.3. The van der Waals surface area contributed by atoms with Crippen molar-refractivity contribution in [3.63, 3.8) is 0 Å². The summed E-state index contributed by atoms with van der Waals surface area (Å²) < 4.78 is 5.23. The van der Waals surface area contributed by atoms with Crippen LogP contribution in [0, 0.1) is 0 Å². The van der Waals surface area contributed by atoms with Gasteiger partial charge in [0.25, 0.3) is 0 Å². The molecule has 88 valence electrons. The van der Waals surface area contributed by atoms with E-state index in [1.54, 1.807) is 12.3 Å². The van der Waals surface area contributed by atoms with Crippen LogP contribution < -0.4 is 0 Å². The van der Waals surface area contributed by atoms with Crippen LogP contribution >= 0.6 is 34.7 Å². The van der Waals surface area contributed by atoms with Crippen LogP contribution in [0.5, 0.6) is 0 Å². The molecule has 0 amide bonds. The molecule has 0 spiro atoms. The average molecular weight is 288 g/mol. The SMILES string of the molecule is COC(=O)c1sc(Sc2ccncn2)nc1Cl. The standard InChI is InChI=1S/C9H6ClN3O2S2/c1-15-8(14)6-7(10)13-9(17-6)16-5-2-3-11-4-12-5/h2-4H,1H3. The molecule has 0 bridgehead atoms. The van der Waals surface area contributed by atoms with Crippen LogP contribution in [-0.4, -0.2) is 28.0 Å². The van der Waals surface area contributed by atoms with Crippen LogP contribution in [-0.2, 0) is 4.74 Å². The van der Waals surface area contributed by atoms with Crippen molar-refractivity contribution >= 4 is 40.7 Å². The fourth-order valence-electron chi connectivity index (χ4n) is 0.974. The second-order valence-electron chi connectivity index (χ2n) is 2.74. The van der Waals surface area contributed by atoms with Crippen LogP contribution in [0.3, 0.4) is 0 Å². The topological polar surface area (TPSA) is 65.0 Å². The summed E-state index contributed by atoms with van der Waals surface area (Å²) in [7, 11) is 1.30. The molecule has 0 aromatic carbocycles. The van der Waals surface area contributed by atoms with E-state index in [4.69, 9.17) is 11.6 Å². The molecule has 0 unspecified atom stereocenters. The predicted molar refractivity (Wildman–Crippen MR) is 64.6 cm³/mol. The second-order valence-corrected chi connectivity index (χ2v) is 5.37. The number of ether oxygens (including phenoxy) is 1. The maximum absolute atomic E-state index is 11.3. The van der Waals surface area contributed by atoms with Gasteiger partial charge in [-0.3, -0.25) is 0 Å². The van der Waals surface area contributed by atoms with Crippen molar-refractivity contribution in [2.24, 2.45) is 0 Å². The maximum Gasteiger partial charge on any atom is 0.351 e. The Kier molecular flexibility index (Phi) is 3.93. The van der Waals surface area contributed by atoms with E-state index in [1.165, 1.54) is 36.5 Å². The van der Waals surface area contributed by atoms with Crippen molar-refractivity contribution in [2.75, 3.05) is 7.11 Å². The highest BCUT2D eigenvalue weighted by atomic mass is 35.5. The Morgan fingerprint density at radius 1 is 1.59 bits per heavy atom. The molecule has 0 fully saturated rings. The van der Waals surface area contributed by atoms with Crippen LogP contribution in [0.1, 0.15) is 9.67 Å². The van der Waals surface area contributed by atoms with Gasteiger partial charge in [0.05, 0.1) is 7.11 Å². The van der Waals surface area contributed by atoms with Crippen LogP contribution in [0.25, 0.3) is 0 Å². The van der Waals surface area contributed by atoms with Crippen LogP contribution in [0.4, 0.5) is 0 Å². The van der Waals surface area contributed by atoms with E-state index < -0.39 is 5.97 Å². The molecule has 8 heteroatoms. The molecule has 0 aliphatic heterocycles. The van der Waals surface area contributed by atoms with E-state index in [9.17, 15) is 4.79 Å².